The fraction of sp³-hybridized carbons (Fsp3) is 0.179. The molecule has 0 aliphatic heterocycles. The van der Waals surface area contributed by atoms with E-state index in [0.717, 1.165) is 16.6 Å². The number of hydrogen-bond donors (Lipinski definition) is 3. The third kappa shape index (κ3) is 6.37. The van der Waals surface area contributed by atoms with Gasteiger partial charge in [-0.3, -0.25) is 4.79 Å². The van der Waals surface area contributed by atoms with Crippen LogP contribution in [-0.4, -0.2) is 48.5 Å². The molecule has 3 aromatic carbocycles. The number of benzene rings is 3. The summed E-state index contributed by atoms with van der Waals surface area (Å²) in [5.74, 6) is 1.49. The van der Waals surface area contributed by atoms with Crippen molar-refractivity contribution in [3.05, 3.63) is 84.6 Å². The fourth-order valence-electron chi connectivity index (χ4n) is 3.59. The monoisotopic (exact) mass is 482 g/mol. The number of fused-ring (bicyclic) bond motifs is 1. The first-order chi connectivity index (χ1) is 17.4. The Labute approximate surface area is 211 Å². The van der Waals surface area contributed by atoms with Crippen LogP contribution in [0.2, 0.25) is 0 Å². The van der Waals surface area contributed by atoms with E-state index in [1.54, 1.807) is 31.5 Å². The van der Waals surface area contributed by atoms with E-state index in [2.05, 4.69) is 50.2 Å². The second-order valence-corrected chi connectivity index (χ2v) is 8.61. The van der Waals surface area contributed by atoms with Gasteiger partial charge in [-0.15, -0.1) is 0 Å². The maximum absolute atomic E-state index is 12.3. The van der Waals surface area contributed by atoms with Gasteiger partial charge in [-0.1, -0.05) is 36.4 Å². The lowest BCUT2D eigenvalue weighted by atomic mass is 10.1. The molecule has 0 aliphatic rings. The fourth-order valence-corrected chi connectivity index (χ4v) is 3.59. The highest BCUT2D eigenvalue weighted by Crippen LogP contribution is 2.31. The van der Waals surface area contributed by atoms with Crippen molar-refractivity contribution < 1.29 is 9.53 Å². The maximum atomic E-state index is 12.3. The van der Waals surface area contributed by atoms with Crippen molar-refractivity contribution in [3.8, 4) is 5.75 Å². The molecule has 0 atom stereocenters. The molecule has 0 saturated carbocycles. The zero-order chi connectivity index (χ0) is 25.5. The third-order valence-corrected chi connectivity index (χ3v) is 5.44. The van der Waals surface area contributed by atoms with Crippen LogP contribution in [0.3, 0.4) is 0 Å². The number of likely N-dealkylation sites (N-methyl/N-ethyl adjacent to an activating group) is 1. The Morgan fingerprint density at radius 3 is 2.56 bits per heavy atom. The number of amides is 1. The number of nitrogens with zero attached hydrogens (tertiary/aromatic N) is 3. The van der Waals surface area contributed by atoms with Crippen LogP contribution in [0.1, 0.15) is 5.56 Å². The zero-order valence-corrected chi connectivity index (χ0v) is 20.9. The van der Waals surface area contributed by atoms with Gasteiger partial charge in [0.15, 0.2) is 0 Å². The lowest BCUT2D eigenvalue weighted by Crippen LogP contribution is -2.13. The molecule has 1 aromatic heterocycles. The number of aromatic nitrogens is 2. The maximum Gasteiger partial charge on any atom is 0.248 e. The van der Waals surface area contributed by atoms with Gasteiger partial charge in [0.25, 0.3) is 0 Å². The van der Waals surface area contributed by atoms with Crippen LogP contribution < -0.4 is 20.7 Å². The van der Waals surface area contributed by atoms with Crippen LogP contribution in [0, 0.1) is 6.92 Å². The van der Waals surface area contributed by atoms with Crippen molar-refractivity contribution in [3.63, 3.8) is 0 Å². The molecule has 184 valence electrons. The molecular weight excluding hydrogens is 452 g/mol. The Kier molecular flexibility index (Phi) is 7.77. The summed E-state index contributed by atoms with van der Waals surface area (Å²) in [4.78, 5) is 23.3. The van der Waals surface area contributed by atoms with E-state index < -0.39 is 0 Å². The predicted octanol–water partition coefficient (Wildman–Crippen LogP) is 5.49. The van der Waals surface area contributed by atoms with Crippen molar-refractivity contribution in [2.75, 3.05) is 43.7 Å². The summed E-state index contributed by atoms with van der Waals surface area (Å²) in [5.41, 5.74) is 3.10. The van der Waals surface area contributed by atoms with Crippen molar-refractivity contribution >= 4 is 45.5 Å². The van der Waals surface area contributed by atoms with Crippen LogP contribution in [0.5, 0.6) is 5.75 Å². The van der Waals surface area contributed by atoms with Crippen LogP contribution in [0.4, 0.5) is 28.8 Å². The summed E-state index contributed by atoms with van der Waals surface area (Å²) in [6.07, 6.45) is 5.08. The number of carbonyl (C=O) groups excluding carboxylic acids is 1. The number of hydrogen-bond acceptors (Lipinski definition) is 7. The minimum absolute atomic E-state index is 0.207. The summed E-state index contributed by atoms with van der Waals surface area (Å²) in [5, 5.41) is 11.8. The highest BCUT2D eigenvalue weighted by molar-refractivity contribution is 5.99. The molecule has 1 amide bonds. The topological polar surface area (TPSA) is 91.4 Å². The molecule has 0 unspecified atom stereocenters. The van der Waals surface area contributed by atoms with Gasteiger partial charge in [-0.2, -0.15) is 4.98 Å². The third-order valence-electron chi connectivity index (χ3n) is 5.44. The van der Waals surface area contributed by atoms with Gasteiger partial charge in [0.2, 0.25) is 11.9 Å². The number of methoxy groups -OCH3 is 1. The van der Waals surface area contributed by atoms with Crippen LogP contribution in [0.25, 0.3) is 10.8 Å². The van der Waals surface area contributed by atoms with Gasteiger partial charge in [0.1, 0.15) is 11.6 Å². The van der Waals surface area contributed by atoms with Crippen LogP contribution in [0.15, 0.2) is 79.0 Å². The lowest BCUT2D eigenvalue weighted by molar-refractivity contribution is -0.111. The highest BCUT2D eigenvalue weighted by Gasteiger charge is 2.10. The largest absolute Gasteiger partial charge is 0.495 e. The Hall–Kier alpha value is -4.43. The van der Waals surface area contributed by atoms with Gasteiger partial charge in [-0.05, 0) is 62.1 Å². The lowest BCUT2D eigenvalue weighted by Gasteiger charge is -2.14. The molecule has 8 heteroatoms. The smallest absolute Gasteiger partial charge is 0.248 e. The van der Waals surface area contributed by atoms with Gasteiger partial charge < -0.3 is 25.6 Å². The normalized spacial score (nSPS) is 11.1. The average Bonchev–Trinajstić information content (AvgIpc) is 2.86. The van der Waals surface area contributed by atoms with Crippen molar-refractivity contribution in [2.24, 2.45) is 0 Å². The minimum Gasteiger partial charge on any atom is -0.495 e. The van der Waals surface area contributed by atoms with Gasteiger partial charge >= 0.3 is 0 Å². The second kappa shape index (κ2) is 11.3. The van der Waals surface area contributed by atoms with Crippen LogP contribution in [-0.2, 0) is 4.79 Å². The summed E-state index contributed by atoms with van der Waals surface area (Å²) in [6.45, 7) is 2.64. The molecule has 0 saturated heterocycles. The highest BCUT2D eigenvalue weighted by atomic mass is 16.5. The Morgan fingerprint density at radius 2 is 1.78 bits per heavy atom. The minimum atomic E-state index is -0.207. The number of carbonyl (C=O) groups is 1. The van der Waals surface area contributed by atoms with Gasteiger partial charge in [0, 0.05) is 35.8 Å². The van der Waals surface area contributed by atoms with Crippen LogP contribution >= 0.6 is 0 Å². The summed E-state index contributed by atoms with van der Waals surface area (Å²) in [6, 6.07) is 19.8. The molecule has 0 fully saturated rings. The molecule has 0 radical (unpaired) electrons. The molecular formula is C28H30N6O2. The quantitative estimate of drug-likeness (QED) is 0.272. The molecule has 0 bridgehead atoms. The van der Waals surface area contributed by atoms with E-state index in [0.29, 0.717) is 35.4 Å². The molecule has 8 nitrogen and oxygen atoms in total. The van der Waals surface area contributed by atoms with E-state index in [1.807, 2.05) is 50.2 Å². The number of aryl methyl sites for hydroxylation is 1. The first kappa shape index (κ1) is 24.7. The first-order valence-electron chi connectivity index (χ1n) is 11.6. The molecule has 0 aliphatic carbocycles. The van der Waals surface area contributed by atoms with E-state index in [4.69, 9.17) is 4.74 Å². The number of anilines is 5. The molecule has 4 rings (SSSR count). The Morgan fingerprint density at radius 1 is 1.00 bits per heavy atom. The van der Waals surface area contributed by atoms with Crippen molar-refractivity contribution in [1.29, 1.82) is 0 Å². The number of nitrogens with one attached hydrogen (secondary N) is 3. The number of rotatable bonds is 9. The molecule has 4 aromatic rings. The van der Waals surface area contributed by atoms with E-state index in [-0.39, 0.29) is 5.91 Å². The first-order valence-corrected chi connectivity index (χ1v) is 11.6. The van der Waals surface area contributed by atoms with Crippen molar-refractivity contribution in [1.82, 2.24) is 14.9 Å². The van der Waals surface area contributed by atoms with Gasteiger partial charge in [0.05, 0.1) is 12.8 Å². The van der Waals surface area contributed by atoms with E-state index in [1.165, 1.54) is 11.5 Å². The average molecular weight is 483 g/mol. The van der Waals surface area contributed by atoms with Gasteiger partial charge in [-0.25, -0.2) is 4.98 Å². The summed E-state index contributed by atoms with van der Waals surface area (Å²) < 4.78 is 5.49. The Balaban J connectivity index is 1.52. The molecule has 36 heavy (non-hydrogen) atoms. The summed E-state index contributed by atoms with van der Waals surface area (Å²) in [7, 11) is 5.48. The summed E-state index contributed by atoms with van der Waals surface area (Å²) >= 11 is 0. The SMILES string of the molecule is COc1ccc(NC(=O)/C=C/CN(C)C)cc1Nc1ncc(C)c(Nc2ccc3ccccc3c2)n1. The zero-order valence-electron chi connectivity index (χ0n) is 20.9. The standard InChI is InChI=1S/C28H30N6O2/c1-19-18-29-28(33-27(19)31-22-12-11-20-8-5-6-9-21(20)16-22)32-24-17-23(13-14-25(24)36-4)30-26(35)10-7-15-34(2)3/h5-14,16-18H,15H2,1-4H3,(H,30,35)(H2,29,31,32,33)/b10-7+. The van der Waals surface area contributed by atoms with E-state index in [9.17, 15) is 4.79 Å². The second-order valence-electron chi connectivity index (χ2n) is 8.61. The molecule has 0 spiro atoms. The van der Waals surface area contributed by atoms with Crippen molar-refractivity contribution in [2.45, 2.75) is 6.92 Å². The predicted molar refractivity (Wildman–Crippen MR) is 147 cm³/mol. The number of ether oxygens (including phenoxy) is 1. The molecule has 3 N–H and O–H groups in total. The van der Waals surface area contributed by atoms with E-state index >= 15 is 0 Å². The Bertz CT molecular complexity index is 1400. The molecule has 1 heterocycles.